The van der Waals surface area contributed by atoms with Crippen LogP contribution in [-0.2, 0) is 16.1 Å². The first kappa shape index (κ1) is 17.5. The van der Waals surface area contributed by atoms with Gasteiger partial charge in [0, 0.05) is 18.8 Å². The molecule has 5 heteroatoms. The lowest BCUT2D eigenvalue weighted by molar-refractivity contribution is -0.145. The summed E-state index contributed by atoms with van der Waals surface area (Å²) >= 11 is 0. The van der Waals surface area contributed by atoms with Crippen LogP contribution in [0.2, 0.25) is 0 Å². The summed E-state index contributed by atoms with van der Waals surface area (Å²) < 4.78 is 4.76. The van der Waals surface area contributed by atoms with E-state index in [0.717, 1.165) is 5.56 Å². The molecule has 0 saturated heterocycles. The zero-order valence-electron chi connectivity index (χ0n) is 13.9. The summed E-state index contributed by atoms with van der Waals surface area (Å²) in [5.74, 6) is -0.735. The van der Waals surface area contributed by atoms with Crippen molar-refractivity contribution in [2.45, 2.75) is 13.5 Å². The van der Waals surface area contributed by atoms with E-state index in [-0.39, 0.29) is 18.5 Å². The van der Waals surface area contributed by atoms with Gasteiger partial charge in [0.15, 0.2) is 0 Å². The van der Waals surface area contributed by atoms with Crippen molar-refractivity contribution in [2.24, 2.45) is 5.92 Å². The summed E-state index contributed by atoms with van der Waals surface area (Å²) in [6, 6.07) is 18.7. The number of carbonyl (C=O) groups excluding carboxylic acids is 2. The van der Waals surface area contributed by atoms with Crippen molar-refractivity contribution in [3.8, 4) is 0 Å². The maximum absolute atomic E-state index is 12.6. The van der Waals surface area contributed by atoms with Gasteiger partial charge in [-0.15, -0.1) is 0 Å². The number of nitrogens with one attached hydrogen (secondary N) is 1. The third-order valence-corrected chi connectivity index (χ3v) is 3.63. The summed E-state index contributed by atoms with van der Waals surface area (Å²) in [4.78, 5) is 25.9. The van der Waals surface area contributed by atoms with Crippen LogP contribution in [0.4, 0.5) is 10.5 Å². The molecule has 2 rings (SSSR count). The molecule has 0 aliphatic rings. The highest BCUT2D eigenvalue weighted by atomic mass is 16.5. The zero-order valence-corrected chi connectivity index (χ0v) is 13.9. The fourth-order valence-electron chi connectivity index (χ4n) is 2.35. The monoisotopic (exact) mass is 326 g/mol. The zero-order chi connectivity index (χ0) is 17.4. The molecule has 0 bridgehead atoms. The first-order chi connectivity index (χ1) is 11.6. The van der Waals surface area contributed by atoms with Crippen molar-refractivity contribution in [1.82, 2.24) is 4.90 Å². The van der Waals surface area contributed by atoms with Crippen molar-refractivity contribution < 1.29 is 14.3 Å². The predicted molar refractivity (Wildman–Crippen MR) is 93.5 cm³/mol. The van der Waals surface area contributed by atoms with Crippen LogP contribution in [0.15, 0.2) is 60.7 Å². The second kappa shape index (κ2) is 8.72. The largest absolute Gasteiger partial charge is 0.469 e. The molecule has 2 amide bonds. The Kier molecular flexibility index (Phi) is 6.37. The third kappa shape index (κ3) is 5.12. The fraction of sp³-hybridized carbons (Fsp3) is 0.263. The molecule has 0 aliphatic heterocycles. The highest BCUT2D eigenvalue weighted by Crippen LogP contribution is 2.12. The molecule has 5 nitrogen and oxygen atoms in total. The average molecular weight is 326 g/mol. The van der Waals surface area contributed by atoms with Gasteiger partial charge < -0.3 is 15.0 Å². The number of ether oxygens (including phenoxy) is 1. The Labute approximate surface area is 142 Å². The van der Waals surface area contributed by atoms with Gasteiger partial charge in [0.1, 0.15) is 0 Å². The predicted octanol–water partition coefficient (Wildman–Crippen LogP) is 3.53. The molecule has 126 valence electrons. The number of nitrogens with zero attached hydrogens (tertiary/aromatic N) is 1. The summed E-state index contributed by atoms with van der Waals surface area (Å²) in [6.07, 6.45) is 0. The lowest BCUT2D eigenvalue weighted by Crippen LogP contribution is -2.39. The molecule has 2 aromatic rings. The molecule has 0 aromatic heterocycles. The van der Waals surface area contributed by atoms with Gasteiger partial charge in [0.05, 0.1) is 13.0 Å². The number of hydrogen-bond acceptors (Lipinski definition) is 3. The summed E-state index contributed by atoms with van der Waals surface area (Å²) in [7, 11) is 1.35. The van der Waals surface area contributed by atoms with E-state index in [1.807, 2.05) is 60.7 Å². The van der Waals surface area contributed by atoms with Crippen LogP contribution in [-0.4, -0.2) is 30.6 Å². The summed E-state index contributed by atoms with van der Waals surface area (Å²) in [6.45, 7) is 2.45. The second-order valence-corrected chi connectivity index (χ2v) is 5.59. The lowest BCUT2D eigenvalue weighted by Gasteiger charge is -2.25. The highest BCUT2D eigenvalue weighted by molar-refractivity contribution is 5.89. The van der Waals surface area contributed by atoms with E-state index in [0.29, 0.717) is 12.2 Å². The van der Waals surface area contributed by atoms with Gasteiger partial charge in [-0.25, -0.2) is 4.79 Å². The number of para-hydroxylation sites is 1. The maximum Gasteiger partial charge on any atom is 0.322 e. The van der Waals surface area contributed by atoms with Crippen molar-refractivity contribution in [3.63, 3.8) is 0 Å². The number of hydrogen-bond donors (Lipinski definition) is 1. The number of benzene rings is 2. The van der Waals surface area contributed by atoms with Gasteiger partial charge >= 0.3 is 12.0 Å². The van der Waals surface area contributed by atoms with Crippen LogP contribution in [0, 0.1) is 5.92 Å². The number of methoxy groups -OCH3 is 1. The Morgan fingerprint density at radius 1 is 1.04 bits per heavy atom. The third-order valence-electron chi connectivity index (χ3n) is 3.63. The Morgan fingerprint density at radius 3 is 2.21 bits per heavy atom. The first-order valence-electron chi connectivity index (χ1n) is 7.83. The number of rotatable bonds is 6. The van der Waals surface area contributed by atoms with Crippen LogP contribution in [0.3, 0.4) is 0 Å². The number of carbonyl (C=O) groups is 2. The normalized spacial score (nSPS) is 11.4. The maximum atomic E-state index is 12.6. The lowest BCUT2D eigenvalue weighted by atomic mass is 10.1. The number of urea groups is 1. The van der Waals surface area contributed by atoms with Crippen LogP contribution < -0.4 is 5.32 Å². The van der Waals surface area contributed by atoms with Gasteiger partial charge in [-0.2, -0.15) is 0 Å². The molecule has 1 unspecified atom stereocenters. The molecular formula is C19H22N2O3. The number of anilines is 1. The Bertz CT molecular complexity index is 659. The molecule has 0 radical (unpaired) electrons. The van der Waals surface area contributed by atoms with E-state index >= 15 is 0 Å². The van der Waals surface area contributed by atoms with Crippen molar-refractivity contribution in [2.75, 3.05) is 19.0 Å². The summed E-state index contributed by atoms with van der Waals surface area (Å²) in [5, 5.41) is 2.86. The smallest absolute Gasteiger partial charge is 0.322 e. The van der Waals surface area contributed by atoms with Crippen LogP contribution in [0.1, 0.15) is 12.5 Å². The molecule has 1 atom stereocenters. The van der Waals surface area contributed by atoms with E-state index in [1.54, 1.807) is 11.8 Å². The molecular weight excluding hydrogens is 304 g/mol. The molecule has 2 aromatic carbocycles. The van der Waals surface area contributed by atoms with Crippen LogP contribution in [0.25, 0.3) is 0 Å². The van der Waals surface area contributed by atoms with Gasteiger partial charge in [-0.1, -0.05) is 55.5 Å². The first-order valence-corrected chi connectivity index (χ1v) is 7.83. The number of amides is 2. The minimum absolute atomic E-state index is 0.249. The van der Waals surface area contributed by atoms with Crippen molar-refractivity contribution in [1.29, 1.82) is 0 Å². The average Bonchev–Trinajstić information content (AvgIpc) is 2.62. The molecule has 0 spiro atoms. The van der Waals surface area contributed by atoms with E-state index in [2.05, 4.69) is 5.32 Å². The quantitative estimate of drug-likeness (QED) is 0.826. The van der Waals surface area contributed by atoms with Crippen LogP contribution in [0.5, 0.6) is 0 Å². The minimum Gasteiger partial charge on any atom is -0.469 e. The van der Waals surface area contributed by atoms with Gasteiger partial charge in [0.2, 0.25) is 0 Å². The van der Waals surface area contributed by atoms with Crippen LogP contribution >= 0.6 is 0 Å². The van der Waals surface area contributed by atoms with E-state index in [9.17, 15) is 9.59 Å². The second-order valence-electron chi connectivity index (χ2n) is 5.59. The van der Waals surface area contributed by atoms with Gasteiger partial charge in [-0.3, -0.25) is 4.79 Å². The Balaban J connectivity index is 2.11. The minimum atomic E-state index is -0.403. The fourth-order valence-corrected chi connectivity index (χ4v) is 2.35. The van der Waals surface area contributed by atoms with Gasteiger partial charge in [-0.05, 0) is 17.7 Å². The van der Waals surface area contributed by atoms with E-state index in [1.165, 1.54) is 7.11 Å². The highest BCUT2D eigenvalue weighted by Gasteiger charge is 2.22. The summed E-state index contributed by atoms with van der Waals surface area (Å²) in [5.41, 5.74) is 1.71. The standard InChI is InChI=1S/C19H22N2O3/c1-15(18(22)24-2)13-21(14-16-9-5-3-6-10-16)19(23)20-17-11-7-4-8-12-17/h3-12,15H,13-14H2,1-2H3,(H,20,23). The number of esters is 1. The topological polar surface area (TPSA) is 58.6 Å². The molecule has 1 N–H and O–H groups in total. The SMILES string of the molecule is COC(=O)C(C)CN(Cc1ccccc1)C(=O)Nc1ccccc1. The Hall–Kier alpha value is -2.82. The molecule has 0 saturated carbocycles. The van der Waals surface area contributed by atoms with Crippen molar-refractivity contribution >= 4 is 17.7 Å². The van der Waals surface area contributed by atoms with E-state index < -0.39 is 5.92 Å². The molecule has 0 fully saturated rings. The molecule has 0 aliphatic carbocycles. The molecule has 0 heterocycles. The van der Waals surface area contributed by atoms with Gasteiger partial charge in [0.25, 0.3) is 0 Å². The molecule has 24 heavy (non-hydrogen) atoms. The Morgan fingerprint density at radius 2 is 1.62 bits per heavy atom. The van der Waals surface area contributed by atoms with Crippen molar-refractivity contribution in [3.05, 3.63) is 66.2 Å². The van der Waals surface area contributed by atoms with E-state index in [4.69, 9.17) is 4.74 Å².